The number of benzene rings is 2. The molecular formula is C26H31N3O6S. The number of carbonyl (C=O) groups excluding carboxylic acids is 2. The Bertz CT molecular complexity index is 1220. The van der Waals surface area contributed by atoms with Crippen LogP contribution in [-0.4, -0.2) is 87.3 Å². The SMILES string of the molecule is COc1ccc(CCN2C(=O)CC(N3CCN(S(=O)(=O)/C=C/c4ccccc4)CC3)C2=O)cc1OC. The molecule has 0 radical (unpaired) electrons. The molecule has 192 valence electrons. The molecule has 36 heavy (non-hydrogen) atoms. The van der Waals surface area contributed by atoms with E-state index in [1.807, 2.05) is 47.4 Å². The van der Waals surface area contributed by atoms with E-state index >= 15 is 0 Å². The number of hydrogen-bond acceptors (Lipinski definition) is 7. The van der Waals surface area contributed by atoms with Crippen LogP contribution in [0.25, 0.3) is 6.08 Å². The smallest absolute Gasteiger partial charge is 0.247 e. The first-order valence-electron chi connectivity index (χ1n) is 11.8. The molecule has 0 aliphatic carbocycles. The van der Waals surface area contributed by atoms with Gasteiger partial charge in [-0.25, -0.2) is 8.42 Å². The summed E-state index contributed by atoms with van der Waals surface area (Å²) < 4.78 is 37.5. The van der Waals surface area contributed by atoms with Gasteiger partial charge in [0.15, 0.2) is 11.5 Å². The Labute approximate surface area is 211 Å². The van der Waals surface area contributed by atoms with Gasteiger partial charge >= 0.3 is 0 Å². The maximum absolute atomic E-state index is 13.1. The van der Waals surface area contributed by atoms with E-state index in [0.717, 1.165) is 11.1 Å². The highest BCUT2D eigenvalue weighted by atomic mass is 32.2. The van der Waals surface area contributed by atoms with Crippen LogP contribution in [0.3, 0.4) is 0 Å². The van der Waals surface area contributed by atoms with Crippen LogP contribution in [0.2, 0.25) is 0 Å². The Hall–Kier alpha value is -3.21. The van der Waals surface area contributed by atoms with Gasteiger partial charge in [-0.15, -0.1) is 0 Å². The van der Waals surface area contributed by atoms with Crippen LogP contribution in [0.5, 0.6) is 11.5 Å². The topological polar surface area (TPSA) is 96.5 Å². The van der Waals surface area contributed by atoms with E-state index in [0.29, 0.717) is 31.0 Å². The molecule has 2 aliphatic heterocycles. The predicted molar refractivity (Wildman–Crippen MR) is 136 cm³/mol. The lowest BCUT2D eigenvalue weighted by Crippen LogP contribution is -2.53. The molecule has 0 bridgehead atoms. The van der Waals surface area contributed by atoms with Gasteiger partial charge in [0, 0.05) is 38.1 Å². The van der Waals surface area contributed by atoms with Gasteiger partial charge in [0.1, 0.15) is 0 Å². The van der Waals surface area contributed by atoms with Crippen molar-refractivity contribution in [3.8, 4) is 11.5 Å². The van der Waals surface area contributed by atoms with E-state index in [2.05, 4.69) is 0 Å². The third-order valence-electron chi connectivity index (χ3n) is 6.60. The van der Waals surface area contributed by atoms with Crippen molar-refractivity contribution in [1.82, 2.24) is 14.1 Å². The second-order valence-electron chi connectivity index (χ2n) is 8.74. The summed E-state index contributed by atoms with van der Waals surface area (Å²) in [6.07, 6.45) is 2.20. The third kappa shape index (κ3) is 5.77. The number of likely N-dealkylation sites (tertiary alicyclic amines) is 1. The Morgan fingerprint density at radius 1 is 0.944 bits per heavy atom. The van der Waals surface area contributed by atoms with Crippen molar-refractivity contribution >= 4 is 27.9 Å². The van der Waals surface area contributed by atoms with Gasteiger partial charge in [-0.2, -0.15) is 4.31 Å². The molecule has 0 aromatic heterocycles. The van der Waals surface area contributed by atoms with E-state index in [-0.39, 0.29) is 37.9 Å². The van der Waals surface area contributed by atoms with Crippen molar-refractivity contribution in [2.75, 3.05) is 46.9 Å². The van der Waals surface area contributed by atoms with Crippen LogP contribution >= 0.6 is 0 Å². The summed E-state index contributed by atoms with van der Waals surface area (Å²) in [6, 6.07) is 14.2. The summed E-state index contributed by atoms with van der Waals surface area (Å²) in [5.41, 5.74) is 1.74. The van der Waals surface area contributed by atoms with Crippen LogP contribution in [0.4, 0.5) is 0 Å². The molecule has 2 aliphatic rings. The molecule has 2 heterocycles. The second kappa shape index (κ2) is 11.2. The fourth-order valence-electron chi connectivity index (χ4n) is 4.55. The number of amides is 2. The number of carbonyl (C=O) groups is 2. The first-order valence-corrected chi connectivity index (χ1v) is 13.3. The van der Waals surface area contributed by atoms with Crippen molar-refractivity contribution in [3.05, 3.63) is 65.1 Å². The largest absolute Gasteiger partial charge is 0.493 e. The van der Waals surface area contributed by atoms with Crippen LogP contribution in [0.1, 0.15) is 17.5 Å². The zero-order chi connectivity index (χ0) is 25.7. The van der Waals surface area contributed by atoms with Gasteiger partial charge in [-0.3, -0.25) is 19.4 Å². The van der Waals surface area contributed by atoms with Crippen LogP contribution in [0.15, 0.2) is 53.9 Å². The molecule has 2 fully saturated rings. The average Bonchev–Trinajstić information content (AvgIpc) is 3.19. The molecule has 0 saturated carbocycles. The predicted octanol–water partition coefficient (Wildman–Crippen LogP) is 1.99. The molecule has 2 aromatic carbocycles. The van der Waals surface area contributed by atoms with Gasteiger partial charge in [0.2, 0.25) is 21.8 Å². The normalized spacial score (nSPS) is 19.8. The molecule has 1 atom stereocenters. The van der Waals surface area contributed by atoms with Gasteiger partial charge in [-0.05, 0) is 35.8 Å². The first-order chi connectivity index (χ1) is 17.3. The fraction of sp³-hybridized carbons (Fsp3) is 0.385. The Balaban J connectivity index is 1.32. The van der Waals surface area contributed by atoms with Crippen LogP contribution in [0, 0.1) is 0 Å². The van der Waals surface area contributed by atoms with E-state index in [1.165, 1.54) is 14.6 Å². The highest BCUT2D eigenvalue weighted by molar-refractivity contribution is 7.92. The first kappa shape index (κ1) is 25.9. The van der Waals surface area contributed by atoms with Crippen molar-refractivity contribution < 1.29 is 27.5 Å². The number of piperazine rings is 1. The molecule has 0 spiro atoms. The van der Waals surface area contributed by atoms with E-state index in [4.69, 9.17) is 9.47 Å². The summed E-state index contributed by atoms with van der Waals surface area (Å²) in [5.74, 6) is 0.789. The fourth-order valence-corrected chi connectivity index (χ4v) is 5.72. The molecule has 2 aromatic rings. The molecular weight excluding hydrogens is 482 g/mol. The minimum absolute atomic E-state index is 0.116. The number of ether oxygens (including phenoxy) is 2. The Morgan fingerprint density at radius 2 is 1.64 bits per heavy atom. The van der Waals surface area contributed by atoms with Crippen molar-refractivity contribution in [2.24, 2.45) is 0 Å². The summed E-state index contributed by atoms with van der Waals surface area (Å²) in [4.78, 5) is 29.0. The molecule has 1 unspecified atom stereocenters. The molecule has 0 N–H and O–H groups in total. The van der Waals surface area contributed by atoms with E-state index in [9.17, 15) is 18.0 Å². The third-order valence-corrected chi connectivity index (χ3v) is 8.16. The number of nitrogens with zero attached hydrogens (tertiary/aromatic N) is 3. The summed E-state index contributed by atoms with van der Waals surface area (Å²) in [5, 5.41) is 1.22. The van der Waals surface area contributed by atoms with Gasteiger partial charge in [-0.1, -0.05) is 36.4 Å². The number of hydrogen-bond donors (Lipinski definition) is 0. The number of methoxy groups -OCH3 is 2. The van der Waals surface area contributed by atoms with E-state index < -0.39 is 16.1 Å². The monoisotopic (exact) mass is 513 g/mol. The molecule has 2 amide bonds. The standard InChI is InChI=1S/C26H31N3O6S/c1-34-23-9-8-21(18-24(23)35-2)10-12-29-25(30)19-22(26(29)31)27-13-15-28(16-14-27)36(32,33)17-11-20-6-4-3-5-7-20/h3-9,11,17-18,22H,10,12-16,19H2,1-2H3/b17-11+. The maximum Gasteiger partial charge on any atom is 0.247 e. The highest BCUT2D eigenvalue weighted by Crippen LogP contribution is 2.28. The molecule has 10 heteroatoms. The Kier molecular flexibility index (Phi) is 8.07. The molecule has 2 saturated heterocycles. The number of rotatable bonds is 9. The summed E-state index contributed by atoms with van der Waals surface area (Å²) >= 11 is 0. The quantitative estimate of drug-likeness (QED) is 0.473. The summed E-state index contributed by atoms with van der Waals surface area (Å²) in [6.45, 7) is 1.61. The minimum atomic E-state index is -3.57. The van der Waals surface area contributed by atoms with E-state index in [1.54, 1.807) is 26.4 Å². The highest BCUT2D eigenvalue weighted by Gasteiger charge is 2.42. The average molecular weight is 514 g/mol. The van der Waals surface area contributed by atoms with Crippen molar-refractivity contribution in [3.63, 3.8) is 0 Å². The maximum atomic E-state index is 13.1. The van der Waals surface area contributed by atoms with Crippen molar-refractivity contribution in [2.45, 2.75) is 18.9 Å². The van der Waals surface area contributed by atoms with Gasteiger partial charge in [0.25, 0.3) is 0 Å². The lowest BCUT2D eigenvalue weighted by atomic mass is 10.1. The lowest BCUT2D eigenvalue weighted by molar-refractivity contribution is -0.139. The minimum Gasteiger partial charge on any atom is -0.493 e. The summed E-state index contributed by atoms with van der Waals surface area (Å²) in [7, 11) is -0.444. The number of imide groups is 1. The van der Waals surface area contributed by atoms with Crippen LogP contribution in [-0.2, 0) is 26.0 Å². The zero-order valence-corrected chi connectivity index (χ0v) is 21.3. The van der Waals surface area contributed by atoms with Crippen LogP contribution < -0.4 is 9.47 Å². The molecule has 4 rings (SSSR count). The molecule has 9 nitrogen and oxygen atoms in total. The zero-order valence-electron chi connectivity index (χ0n) is 20.5. The van der Waals surface area contributed by atoms with Gasteiger partial charge in [0.05, 0.1) is 26.7 Å². The van der Waals surface area contributed by atoms with Gasteiger partial charge < -0.3 is 9.47 Å². The second-order valence-corrected chi connectivity index (χ2v) is 10.6. The number of sulfonamides is 1. The Morgan fingerprint density at radius 3 is 2.31 bits per heavy atom. The lowest BCUT2D eigenvalue weighted by Gasteiger charge is -2.35. The van der Waals surface area contributed by atoms with Crippen molar-refractivity contribution in [1.29, 1.82) is 0 Å².